The molecule has 1 N–H and O–H groups in total. The van der Waals surface area contributed by atoms with Gasteiger partial charge in [0.2, 0.25) is 0 Å². The Kier molecular flexibility index (Phi) is 6.19. The van der Waals surface area contributed by atoms with E-state index in [1.165, 1.54) is 62.4 Å². The third kappa shape index (κ3) is 4.96. The maximum Gasteiger partial charge on any atom is 0.307 e. The number of carbonyl (C=O) groups is 2. The van der Waals surface area contributed by atoms with E-state index in [1.807, 2.05) is 0 Å². The first kappa shape index (κ1) is 20.7. The van der Waals surface area contributed by atoms with Gasteiger partial charge in [-0.2, -0.15) is 0 Å². The minimum atomic E-state index is -0.378. The van der Waals surface area contributed by atoms with E-state index < -0.39 is 0 Å². The van der Waals surface area contributed by atoms with Crippen LogP contribution in [-0.4, -0.2) is 30.3 Å². The van der Waals surface area contributed by atoms with Crippen molar-refractivity contribution in [1.29, 1.82) is 0 Å². The van der Waals surface area contributed by atoms with Crippen molar-refractivity contribution < 1.29 is 18.7 Å². The van der Waals surface area contributed by atoms with Crippen LogP contribution < -0.4 is 5.32 Å². The number of thioether (sulfide) groups is 1. The molecular weight excluding hydrogens is 389 g/mol. The van der Waals surface area contributed by atoms with Crippen molar-refractivity contribution in [2.45, 2.75) is 62.8 Å². The Morgan fingerprint density at radius 2 is 1.72 bits per heavy atom. The van der Waals surface area contributed by atoms with E-state index in [4.69, 9.17) is 4.74 Å². The number of esters is 1. The van der Waals surface area contributed by atoms with E-state index in [-0.39, 0.29) is 42.2 Å². The number of carbonyl (C=O) groups excluding carboxylic acids is 2. The topological polar surface area (TPSA) is 55.4 Å². The fourth-order valence-corrected chi connectivity index (χ4v) is 6.98. The van der Waals surface area contributed by atoms with Gasteiger partial charge in [-0.05, 0) is 92.9 Å². The summed E-state index contributed by atoms with van der Waals surface area (Å²) in [5.41, 5.74) is 0.250. The summed E-state index contributed by atoms with van der Waals surface area (Å²) in [6.07, 6.45) is 8.08. The summed E-state index contributed by atoms with van der Waals surface area (Å²) in [5, 5.41) is 3.12. The van der Waals surface area contributed by atoms with E-state index in [9.17, 15) is 14.0 Å². The first-order chi connectivity index (χ1) is 13.9. The highest BCUT2D eigenvalue weighted by molar-refractivity contribution is 7.99. The summed E-state index contributed by atoms with van der Waals surface area (Å²) in [6, 6.07) is 6.30. The van der Waals surface area contributed by atoms with Crippen molar-refractivity contribution in [3.8, 4) is 0 Å². The lowest BCUT2D eigenvalue weighted by Crippen LogP contribution is -2.56. The molecule has 1 amide bonds. The van der Waals surface area contributed by atoms with Crippen LogP contribution in [0, 0.1) is 29.0 Å². The van der Waals surface area contributed by atoms with Crippen LogP contribution in [0.15, 0.2) is 29.2 Å². The normalized spacial score (nSPS) is 30.8. The van der Waals surface area contributed by atoms with E-state index in [0.29, 0.717) is 5.75 Å². The molecule has 1 aromatic carbocycles. The van der Waals surface area contributed by atoms with Crippen LogP contribution in [0.25, 0.3) is 0 Å². The van der Waals surface area contributed by atoms with E-state index >= 15 is 0 Å². The molecule has 158 valence electrons. The summed E-state index contributed by atoms with van der Waals surface area (Å²) in [6.45, 7) is 1.92. The van der Waals surface area contributed by atoms with Gasteiger partial charge in [-0.15, -0.1) is 11.8 Å². The minimum absolute atomic E-state index is 0.135. The molecule has 4 bridgehead atoms. The number of rotatable bonds is 8. The average Bonchev–Trinajstić information content (AvgIpc) is 2.67. The fourth-order valence-electron chi connectivity index (χ4n) is 6.15. The average molecular weight is 420 g/mol. The van der Waals surface area contributed by atoms with Gasteiger partial charge in [-0.25, -0.2) is 4.39 Å². The van der Waals surface area contributed by atoms with Crippen molar-refractivity contribution in [3.63, 3.8) is 0 Å². The molecule has 1 aromatic rings. The van der Waals surface area contributed by atoms with Gasteiger partial charge in [-0.3, -0.25) is 9.59 Å². The van der Waals surface area contributed by atoms with Gasteiger partial charge < -0.3 is 10.1 Å². The van der Waals surface area contributed by atoms with Crippen LogP contribution in [0.5, 0.6) is 0 Å². The number of amides is 1. The molecule has 4 fully saturated rings. The van der Waals surface area contributed by atoms with Crippen molar-refractivity contribution in [2.24, 2.45) is 23.2 Å². The highest BCUT2D eigenvalue weighted by Crippen LogP contribution is 2.61. The number of halogens is 1. The predicted octanol–water partition coefficient (Wildman–Crippen LogP) is 4.57. The summed E-state index contributed by atoms with van der Waals surface area (Å²) < 4.78 is 18.0. The number of ether oxygens (including phenoxy) is 1. The van der Waals surface area contributed by atoms with Crippen LogP contribution in [-0.2, 0) is 14.3 Å². The number of benzene rings is 1. The Morgan fingerprint density at radius 3 is 2.31 bits per heavy atom. The van der Waals surface area contributed by atoms with Crippen molar-refractivity contribution >= 4 is 23.6 Å². The van der Waals surface area contributed by atoms with Crippen LogP contribution >= 0.6 is 11.8 Å². The SMILES string of the molecule is C[C@@H](NC(=O)COC(=O)CCSc1ccc(F)cc1)C12CC3CC(CC(C3)C1)C2. The van der Waals surface area contributed by atoms with Crippen molar-refractivity contribution in [2.75, 3.05) is 12.4 Å². The molecule has 4 aliphatic carbocycles. The summed E-state index contributed by atoms with van der Waals surface area (Å²) in [4.78, 5) is 25.2. The molecule has 0 radical (unpaired) electrons. The lowest BCUT2D eigenvalue weighted by molar-refractivity contribution is -0.149. The second-order valence-electron chi connectivity index (χ2n) is 9.28. The van der Waals surface area contributed by atoms with Gasteiger partial charge in [0, 0.05) is 16.7 Å². The second-order valence-corrected chi connectivity index (χ2v) is 10.5. The summed E-state index contributed by atoms with van der Waals surface area (Å²) in [7, 11) is 0. The largest absolute Gasteiger partial charge is 0.456 e. The van der Waals surface area contributed by atoms with Gasteiger partial charge in [0.05, 0.1) is 6.42 Å². The van der Waals surface area contributed by atoms with Crippen molar-refractivity contribution in [1.82, 2.24) is 5.32 Å². The first-order valence-electron chi connectivity index (χ1n) is 10.8. The molecule has 4 nitrogen and oxygen atoms in total. The third-order valence-electron chi connectivity index (χ3n) is 7.13. The highest BCUT2D eigenvalue weighted by atomic mass is 32.2. The van der Waals surface area contributed by atoms with Gasteiger partial charge in [0.1, 0.15) is 5.82 Å². The Morgan fingerprint density at radius 1 is 1.14 bits per heavy atom. The zero-order valence-corrected chi connectivity index (χ0v) is 17.8. The molecule has 0 aliphatic heterocycles. The van der Waals surface area contributed by atoms with E-state index in [1.54, 1.807) is 12.1 Å². The summed E-state index contributed by atoms with van der Waals surface area (Å²) >= 11 is 1.47. The van der Waals surface area contributed by atoms with Gasteiger partial charge >= 0.3 is 5.97 Å². The Labute approximate surface area is 176 Å². The van der Waals surface area contributed by atoms with Crippen molar-refractivity contribution in [3.05, 3.63) is 30.1 Å². The Hall–Kier alpha value is -1.56. The number of hydrogen-bond donors (Lipinski definition) is 1. The second kappa shape index (κ2) is 8.66. The van der Waals surface area contributed by atoms with Crippen LogP contribution in [0.2, 0.25) is 0 Å². The van der Waals surface area contributed by atoms with E-state index in [0.717, 1.165) is 22.6 Å². The standard InChI is InChI=1S/C23H30FNO3S/c1-15(23-11-16-8-17(12-23)10-18(9-16)13-23)25-21(26)14-28-22(27)6-7-29-20-4-2-19(24)3-5-20/h2-5,15-18H,6-14H2,1H3,(H,25,26)/t15-,16?,17?,18?,23?/m1/s1. The first-order valence-corrected chi connectivity index (χ1v) is 11.7. The molecular formula is C23H30FNO3S. The maximum absolute atomic E-state index is 12.9. The van der Waals surface area contributed by atoms with Crippen LogP contribution in [0.1, 0.15) is 51.9 Å². The molecule has 29 heavy (non-hydrogen) atoms. The lowest BCUT2D eigenvalue weighted by atomic mass is 9.48. The molecule has 0 spiro atoms. The zero-order valence-electron chi connectivity index (χ0n) is 17.0. The number of nitrogens with one attached hydrogen (secondary N) is 1. The molecule has 6 heteroatoms. The predicted molar refractivity (Wildman–Crippen MR) is 111 cm³/mol. The molecule has 0 saturated heterocycles. The number of hydrogen-bond acceptors (Lipinski definition) is 4. The molecule has 4 saturated carbocycles. The Balaban J connectivity index is 1.17. The van der Waals surface area contributed by atoms with E-state index in [2.05, 4.69) is 12.2 Å². The molecule has 0 aromatic heterocycles. The highest BCUT2D eigenvalue weighted by Gasteiger charge is 2.53. The van der Waals surface area contributed by atoms with Crippen LogP contribution in [0.4, 0.5) is 4.39 Å². The minimum Gasteiger partial charge on any atom is -0.456 e. The maximum atomic E-state index is 12.9. The summed E-state index contributed by atoms with van der Waals surface area (Å²) in [5.74, 6) is 2.22. The third-order valence-corrected chi connectivity index (χ3v) is 8.15. The quantitative estimate of drug-likeness (QED) is 0.495. The van der Waals surface area contributed by atoms with Crippen LogP contribution in [0.3, 0.4) is 0 Å². The monoisotopic (exact) mass is 419 g/mol. The Bertz CT molecular complexity index is 716. The molecule has 5 rings (SSSR count). The molecule has 0 unspecified atom stereocenters. The lowest BCUT2D eigenvalue weighted by Gasteiger charge is -2.59. The fraction of sp³-hybridized carbons (Fsp3) is 0.652. The molecule has 0 heterocycles. The zero-order chi connectivity index (χ0) is 20.4. The molecule has 4 aliphatic rings. The van der Waals surface area contributed by atoms with Gasteiger partial charge in [-0.1, -0.05) is 0 Å². The smallest absolute Gasteiger partial charge is 0.307 e. The van der Waals surface area contributed by atoms with Gasteiger partial charge in [0.15, 0.2) is 6.61 Å². The molecule has 1 atom stereocenters. The van der Waals surface area contributed by atoms with Gasteiger partial charge in [0.25, 0.3) is 5.91 Å².